The highest BCUT2D eigenvalue weighted by Crippen LogP contribution is 2.25. The summed E-state index contributed by atoms with van der Waals surface area (Å²) in [5.74, 6) is -0.993. The van der Waals surface area contributed by atoms with Crippen molar-refractivity contribution in [2.24, 2.45) is 0 Å². The van der Waals surface area contributed by atoms with E-state index in [-0.39, 0.29) is 5.56 Å². The van der Waals surface area contributed by atoms with Crippen LogP contribution < -0.4 is 5.73 Å². The number of carboxylic acid groups (broad SMARTS) is 1. The molecule has 2 rings (SSSR count). The summed E-state index contributed by atoms with van der Waals surface area (Å²) in [6.45, 7) is 1.01. The summed E-state index contributed by atoms with van der Waals surface area (Å²) in [4.78, 5) is 10.7. The van der Waals surface area contributed by atoms with Crippen LogP contribution in [-0.4, -0.2) is 11.1 Å². The van der Waals surface area contributed by atoms with Gasteiger partial charge in [0.25, 0.3) is 0 Å². The Morgan fingerprint density at radius 3 is 2.62 bits per heavy atom. The van der Waals surface area contributed by atoms with Crippen molar-refractivity contribution < 1.29 is 14.6 Å². The van der Waals surface area contributed by atoms with E-state index in [0.717, 1.165) is 11.1 Å². The molecular formula is C9H9NO3. The summed E-state index contributed by atoms with van der Waals surface area (Å²) in [5.41, 5.74) is 7.93. The molecule has 1 aliphatic heterocycles. The predicted molar refractivity (Wildman–Crippen MR) is 46.3 cm³/mol. The molecule has 4 nitrogen and oxygen atoms in total. The van der Waals surface area contributed by atoms with Crippen LogP contribution in [0.1, 0.15) is 21.5 Å². The number of aromatic carboxylic acids is 1. The third-order valence-electron chi connectivity index (χ3n) is 2.12. The third-order valence-corrected chi connectivity index (χ3v) is 2.12. The van der Waals surface area contributed by atoms with Gasteiger partial charge in [-0.05, 0) is 23.3 Å². The first-order valence-electron chi connectivity index (χ1n) is 3.91. The van der Waals surface area contributed by atoms with Gasteiger partial charge in [0.1, 0.15) is 0 Å². The third kappa shape index (κ3) is 1.25. The van der Waals surface area contributed by atoms with Crippen LogP contribution in [0, 0.1) is 0 Å². The monoisotopic (exact) mass is 179 g/mol. The zero-order valence-electron chi connectivity index (χ0n) is 6.91. The molecule has 1 aliphatic rings. The predicted octanol–water partition coefficient (Wildman–Crippen LogP) is 0.997. The van der Waals surface area contributed by atoms with Gasteiger partial charge in [0.15, 0.2) is 0 Å². The fourth-order valence-corrected chi connectivity index (χ4v) is 1.43. The standard InChI is InChI=1S/C9H9NO3/c10-8-2-6-4-13-3-5(6)1-7(8)9(11)12/h1-2H,3-4,10H2,(H,11,12). The Hall–Kier alpha value is -1.55. The summed E-state index contributed by atoms with van der Waals surface area (Å²) in [6, 6.07) is 3.26. The van der Waals surface area contributed by atoms with Gasteiger partial charge in [-0.3, -0.25) is 0 Å². The molecular weight excluding hydrogens is 170 g/mol. The number of carbonyl (C=O) groups is 1. The maximum atomic E-state index is 10.7. The van der Waals surface area contributed by atoms with E-state index in [1.165, 1.54) is 0 Å². The fraction of sp³-hybridized carbons (Fsp3) is 0.222. The van der Waals surface area contributed by atoms with Gasteiger partial charge in [-0.1, -0.05) is 0 Å². The lowest BCUT2D eigenvalue weighted by Crippen LogP contribution is -2.03. The van der Waals surface area contributed by atoms with E-state index in [0.29, 0.717) is 18.9 Å². The number of nitrogen functional groups attached to an aromatic ring is 1. The minimum atomic E-state index is -0.993. The first kappa shape index (κ1) is 8.07. The summed E-state index contributed by atoms with van der Waals surface area (Å²) in [6.07, 6.45) is 0. The number of fused-ring (bicyclic) bond motifs is 1. The Kier molecular flexibility index (Phi) is 1.70. The maximum Gasteiger partial charge on any atom is 0.337 e. The molecule has 3 N–H and O–H groups in total. The van der Waals surface area contributed by atoms with E-state index in [9.17, 15) is 4.79 Å². The summed E-state index contributed by atoms with van der Waals surface area (Å²) >= 11 is 0. The first-order valence-corrected chi connectivity index (χ1v) is 3.91. The number of benzene rings is 1. The number of anilines is 1. The van der Waals surface area contributed by atoms with Crippen molar-refractivity contribution in [3.63, 3.8) is 0 Å². The minimum Gasteiger partial charge on any atom is -0.478 e. The number of ether oxygens (including phenoxy) is 1. The normalized spacial score (nSPS) is 14.2. The SMILES string of the molecule is Nc1cc2c(cc1C(=O)O)COC2. The Morgan fingerprint density at radius 1 is 1.38 bits per heavy atom. The van der Waals surface area contributed by atoms with Crippen molar-refractivity contribution in [1.82, 2.24) is 0 Å². The molecule has 0 saturated heterocycles. The highest BCUT2D eigenvalue weighted by molar-refractivity contribution is 5.94. The Morgan fingerprint density at radius 2 is 2.00 bits per heavy atom. The molecule has 68 valence electrons. The molecule has 0 saturated carbocycles. The van der Waals surface area contributed by atoms with E-state index in [4.69, 9.17) is 15.6 Å². The fourth-order valence-electron chi connectivity index (χ4n) is 1.43. The summed E-state index contributed by atoms with van der Waals surface area (Å²) < 4.78 is 5.16. The zero-order chi connectivity index (χ0) is 9.42. The van der Waals surface area contributed by atoms with Crippen LogP contribution in [0.3, 0.4) is 0 Å². The highest BCUT2D eigenvalue weighted by Gasteiger charge is 2.16. The van der Waals surface area contributed by atoms with Crippen LogP contribution in [0.4, 0.5) is 5.69 Å². The summed E-state index contributed by atoms with van der Waals surface area (Å²) in [5, 5.41) is 8.78. The number of hydrogen-bond donors (Lipinski definition) is 2. The first-order chi connectivity index (χ1) is 6.18. The van der Waals surface area contributed by atoms with E-state index in [1.807, 2.05) is 0 Å². The second-order valence-electron chi connectivity index (χ2n) is 3.01. The number of carboxylic acids is 1. The molecule has 13 heavy (non-hydrogen) atoms. The second-order valence-corrected chi connectivity index (χ2v) is 3.01. The molecule has 1 aromatic rings. The number of rotatable bonds is 1. The van der Waals surface area contributed by atoms with E-state index in [2.05, 4.69) is 0 Å². The van der Waals surface area contributed by atoms with Gasteiger partial charge in [0, 0.05) is 5.69 Å². The molecule has 0 atom stereocenters. The van der Waals surface area contributed by atoms with Gasteiger partial charge in [-0.25, -0.2) is 4.79 Å². The van der Waals surface area contributed by atoms with Crippen molar-refractivity contribution >= 4 is 11.7 Å². The Bertz CT molecular complexity index is 373. The van der Waals surface area contributed by atoms with Crippen molar-refractivity contribution in [3.8, 4) is 0 Å². The average Bonchev–Trinajstić information content (AvgIpc) is 2.48. The van der Waals surface area contributed by atoms with Gasteiger partial charge in [-0.2, -0.15) is 0 Å². The molecule has 0 aromatic heterocycles. The maximum absolute atomic E-state index is 10.7. The van der Waals surface area contributed by atoms with Gasteiger partial charge < -0.3 is 15.6 Å². The molecule has 0 aliphatic carbocycles. The van der Waals surface area contributed by atoms with Crippen molar-refractivity contribution in [1.29, 1.82) is 0 Å². The van der Waals surface area contributed by atoms with Crippen molar-refractivity contribution in [3.05, 3.63) is 28.8 Å². The second kappa shape index (κ2) is 2.74. The highest BCUT2D eigenvalue weighted by atomic mass is 16.5. The lowest BCUT2D eigenvalue weighted by molar-refractivity contribution is 0.0698. The molecule has 1 aromatic carbocycles. The quantitative estimate of drug-likeness (QED) is 0.631. The topological polar surface area (TPSA) is 72.6 Å². The molecule has 1 heterocycles. The molecule has 0 unspecified atom stereocenters. The number of nitrogens with two attached hydrogens (primary N) is 1. The van der Waals surface area contributed by atoms with Gasteiger partial charge in [-0.15, -0.1) is 0 Å². The zero-order valence-corrected chi connectivity index (χ0v) is 6.91. The summed E-state index contributed by atoms with van der Waals surface area (Å²) in [7, 11) is 0. The molecule has 0 spiro atoms. The van der Waals surface area contributed by atoms with E-state index in [1.54, 1.807) is 12.1 Å². The lowest BCUT2D eigenvalue weighted by atomic mass is 10.0. The smallest absolute Gasteiger partial charge is 0.337 e. The van der Waals surface area contributed by atoms with E-state index < -0.39 is 5.97 Å². The largest absolute Gasteiger partial charge is 0.478 e. The van der Waals surface area contributed by atoms with Crippen LogP contribution in [-0.2, 0) is 18.0 Å². The molecule has 0 radical (unpaired) electrons. The van der Waals surface area contributed by atoms with Crippen LogP contribution in [0.5, 0.6) is 0 Å². The van der Waals surface area contributed by atoms with Gasteiger partial charge in [0.2, 0.25) is 0 Å². The van der Waals surface area contributed by atoms with E-state index >= 15 is 0 Å². The van der Waals surface area contributed by atoms with Crippen LogP contribution in [0.25, 0.3) is 0 Å². The van der Waals surface area contributed by atoms with Gasteiger partial charge in [0.05, 0.1) is 18.8 Å². The Labute approximate surface area is 74.9 Å². The molecule has 4 heteroatoms. The number of hydrogen-bond acceptors (Lipinski definition) is 3. The molecule has 0 bridgehead atoms. The average molecular weight is 179 g/mol. The van der Waals surface area contributed by atoms with Gasteiger partial charge >= 0.3 is 5.97 Å². The van der Waals surface area contributed by atoms with Crippen LogP contribution >= 0.6 is 0 Å². The minimum absolute atomic E-state index is 0.157. The molecule has 0 amide bonds. The van der Waals surface area contributed by atoms with Crippen molar-refractivity contribution in [2.45, 2.75) is 13.2 Å². The van der Waals surface area contributed by atoms with Crippen LogP contribution in [0.2, 0.25) is 0 Å². The van der Waals surface area contributed by atoms with Crippen molar-refractivity contribution in [2.75, 3.05) is 5.73 Å². The Balaban J connectivity index is 2.55. The molecule has 0 fully saturated rings. The lowest BCUT2D eigenvalue weighted by Gasteiger charge is -2.03. The van der Waals surface area contributed by atoms with Crippen LogP contribution in [0.15, 0.2) is 12.1 Å².